The number of unbranched alkanes of at least 4 members (excludes halogenated alkanes) is 1. The molecule has 1 heterocycles. The molecule has 0 unspecified atom stereocenters. The summed E-state index contributed by atoms with van der Waals surface area (Å²) in [7, 11) is 0. The van der Waals surface area contributed by atoms with E-state index in [1.165, 1.54) is 6.20 Å². The van der Waals surface area contributed by atoms with Gasteiger partial charge >= 0.3 is 5.97 Å². The number of nitrogens with zero attached hydrogens (tertiary/aromatic N) is 1. The van der Waals surface area contributed by atoms with Gasteiger partial charge in [0.1, 0.15) is 5.56 Å². The number of esters is 1. The van der Waals surface area contributed by atoms with Crippen LogP contribution >= 0.6 is 0 Å². The van der Waals surface area contributed by atoms with Gasteiger partial charge in [-0.25, -0.2) is 4.79 Å². The lowest BCUT2D eigenvalue weighted by molar-refractivity contribution is 0.0525. The highest BCUT2D eigenvalue weighted by Gasteiger charge is 2.13. The van der Waals surface area contributed by atoms with Gasteiger partial charge in [-0.1, -0.05) is 13.3 Å². The summed E-state index contributed by atoms with van der Waals surface area (Å²) in [5.41, 5.74) is -0.308. The summed E-state index contributed by atoms with van der Waals surface area (Å²) in [5, 5.41) is 2.58. The van der Waals surface area contributed by atoms with Crippen molar-refractivity contribution in [3.8, 4) is 0 Å². The molecule has 0 aliphatic rings. The molecule has 1 N–H and O–H groups in total. The van der Waals surface area contributed by atoms with Crippen molar-refractivity contribution in [1.82, 2.24) is 9.78 Å². The zero-order valence-electron chi connectivity index (χ0n) is 9.08. The van der Waals surface area contributed by atoms with Gasteiger partial charge in [0.05, 0.1) is 6.61 Å². The van der Waals surface area contributed by atoms with E-state index in [2.05, 4.69) is 12.0 Å². The highest BCUT2D eigenvalue weighted by atomic mass is 16.5. The SMILES string of the molecule is CCCCn1cc(C(=O)OCC)c(=O)[nH]1. The summed E-state index contributed by atoms with van der Waals surface area (Å²) in [6.45, 7) is 4.76. The highest BCUT2D eigenvalue weighted by Crippen LogP contribution is 1.97. The van der Waals surface area contributed by atoms with E-state index in [-0.39, 0.29) is 17.7 Å². The van der Waals surface area contributed by atoms with Crippen LogP contribution in [0.1, 0.15) is 37.0 Å². The Kier molecular flexibility index (Phi) is 4.15. The van der Waals surface area contributed by atoms with E-state index >= 15 is 0 Å². The summed E-state index contributed by atoms with van der Waals surface area (Å²) in [5.74, 6) is -0.561. The van der Waals surface area contributed by atoms with E-state index in [1.54, 1.807) is 11.6 Å². The van der Waals surface area contributed by atoms with Gasteiger partial charge in [0.2, 0.25) is 0 Å². The van der Waals surface area contributed by atoms with Crippen molar-refractivity contribution < 1.29 is 9.53 Å². The van der Waals surface area contributed by atoms with Gasteiger partial charge in [-0.05, 0) is 13.3 Å². The summed E-state index contributed by atoms with van der Waals surface area (Å²) in [4.78, 5) is 22.6. The number of H-pyrrole nitrogens is 1. The van der Waals surface area contributed by atoms with Crippen LogP contribution in [0, 0.1) is 0 Å². The normalized spacial score (nSPS) is 10.3. The number of ether oxygens (including phenoxy) is 1. The first-order chi connectivity index (χ1) is 7.19. The van der Waals surface area contributed by atoms with Crippen LogP contribution < -0.4 is 5.56 Å². The minimum atomic E-state index is -0.561. The molecule has 0 atom stereocenters. The average molecular weight is 212 g/mol. The molecule has 15 heavy (non-hydrogen) atoms. The molecule has 1 rings (SSSR count). The lowest BCUT2D eigenvalue weighted by Gasteiger charge is -1.98. The van der Waals surface area contributed by atoms with Gasteiger partial charge in [-0.2, -0.15) is 0 Å². The number of aromatic nitrogens is 2. The Balaban J connectivity index is 2.77. The van der Waals surface area contributed by atoms with Gasteiger partial charge < -0.3 is 4.74 Å². The van der Waals surface area contributed by atoms with E-state index in [0.29, 0.717) is 6.54 Å². The fraction of sp³-hybridized carbons (Fsp3) is 0.600. The second kappa shape index (κ2) is 5.38. The lowest BCUT2D eigenvalue weighted by atomic mass is 10.3. The largest absolute Gasteiger partial charge is 0.462 e. The number of carbonyl (C=O) groups is 1. The topological polar surface area (TPSA) is 64.1 Å². The van der Waals surface area contributed by atoms with E-state index < -0.39 is 5.97 Å². The smallest absolute Gasteiger partial charge is 0.345 e. The summed E-state index contributed by atoms with van der Waals surface area (Å²) in [6.07, 6.45) is 3.51. The molecule has 0 saturated carbocycles. The van der Waals surface area contributed by atoms with E-state index in [4.69, 9.17) is 4.74 Å². The third kappa shape index (κ3) is 2.97. The first-order valence-corrected chi connectivity index (χ1v) is 5.15. The number of rotatable bonds is 5. The van der Waals surface area contributed by atoms with Gasteiger partial charge in [0.25, 0.3) is 5.56 Å². The molecule has 5 heteroatoms. The maximum atomic E-state index is 11.3. The van der Waals surface area contributed by atoms with Crippen molar-refractivity contribution in [2.45, 2.75) is 33.2 Å². The second-order valence-corrected chi connectivity index (χ2v) is 3.25. The quantitative estimate of drug-likeness (QED) is 0.745. The fourth-order valence-corrected chi connectivity index (χ4v) is 1.24. The predicted octanol–water partition coefficient (Wildman–Crippen LogP) is 1.15. The van der Waals surface area contributed by atoms with Crippen LogP contribution in [0.4, 0.5) is 0 Å². The highest BCUT2D eigenvalue weighted by molar-refractivity contribution is 5.88. The minimum absolute atomic E-state index is 0.0768. The maximum absolute atomic E-state index is 11.3. The molecule has 84 valence electrons. The predicted molar refractivity (Wildman–Crippen MR) is 55.9 cm³/mol. The Morgan fingerprint density at radius 2 is 2.27 bits per heavy atom. The Morgan fingerprint density at radius 3 is 2.87 bits per heavy atom. The minimum Gasteiger partial charge on any atom is -0.462 e. The van der Waals surface area contributed by atoms with Crippen molar-refractivity contribution in [2.75, 3.05) is 6.61 Å². The average Bonchev–Trinajstić information content (AvgIpc) is 2.57. The van der Waals surface area contributed by atoms with Crippen molar-refractivity contribution in [3.63, 3.8) is 0 Å². The third-order valence-corrected chi connectivity index (χ3v) is 2.02. The van der Waals surface area contributed by atoms with Crippen molar-refractivity contribution in [2.24, 2.45) is 0 Å². The summed E-state index contributed by atoms with van der Waals surface area (Å²) >= 11 is 0. The fourth-order valence-electron chi connectivity index (χ4n) is 1.24. The molecule has 0 aromatic carbocycles. The van der Waals surface area contributed by atoms with Gasteiger partial charge in [0.15, 0.2) is 0 Å². The van der Waals surface area contributed by atoms with Crippen LogP contribution in [0.25, 0.3) is 0 Å². The standard InChI is InChI=1S/C10H16N2O3/c1-3-5-6-12-7-8(9(13)11-12)10(14)15-4-2/h7H,3-6H2,1-2H3,(H,11,13). The molecule has 0 fully saturated rings. The van der Waals surface area contributed by atoms with Crippen molar-refractivity contribution >= 4 is 5.97 Å². The third-order valence-electron chi connectivity index (χ3n) is 2.02. The van der Waals surface area contributed by atoms with Crippen LogP contribution in [-0.2, 0) is 11.3 Å². The number of hydrogen-bond donors (Lipinski definition) is 1. The molecule has 1 aromatic heterocycles. The molecular formula is C10H16N2O3. The molecule has 0 saturated heterocycles. The van der Waals surface area contributed by atoms with Crippen LogP contribution in [0.2, 0.25) is 0 Å². The molecular weight excluding hydrogens is 196 g/mol. The molecule has 0 aliphatic carbocycles. The van der Waals surface area contributed by atoms with Gasteiger partial charge in [0, 0.05) is 12.7 Å². The lowest BCUT2D eigenvalue weighted by Crippen LogP contribution is -2.15. The van der Waals surface area contributed by atoms with Crippen LogP contribution in [0.3, 0.4) is 0 Å². The van der Waals surface area contributed by atoms with Crippen LogP contribution in [0.15, 0.2) is 11.0 Å². The molecule has 0 aliphatic heterocycles. The molecule has 1 aromatic rings. The number of aromatic amines is 1. The van der Waals surface area contributed by atoms with E-state index in [9.17, 15) is 9.59 Å². The molecule has 0 bridgehead atoms. The first kappa shape index (κ1) is 11.6. The Hall–Kier alpha value is -1.52. The zero-order chi connectivity index (χ0) is 11.3. The van der Waals surface area contributed by atoms with Crippen LogP contribution in [0.5, 0.6) is 0 Å². The Bertz CT molecular complexity index is 378. The first-order valence-electron chi connectivity index (χ1n) is 5.15. The summed E-state index contributed by atoms with van der Waals surface area (Å²) in [6, 6.07) is 0. The number of nitrogens with one attached hydrogen (secondary N) is 1. The van der Waals surface area contributed by atoms with Crippen molar-refractivity contribution in [3.05, 3.63) is 22.1 Å². The molecule has 0 radical (unpaired) electrons. The monoisotopic (exact) mass is 212 g/mol. The molecule has 0 spiro atoms. The number of carbonyl (C=O) groups excluding carboxylic acids is 1. The summed E-state index contributed by atoms with van der Waals surface area (Å²) < 4.78 is 6.38. The Morgan fingerprint density at radius 1 is 1.53 bits per heavy atom. The van der Waals surface area contributed by atoms with E-state index in [1.807, 2.05) is 0 Å². The number of aryl methyl sites for hydroxylation is 1. The number of hydrogen-bond acceptors (Lipinski definition) is 3. The van der Waals surface area contributed by atoms with E-state index in [0.717, 1.165) is 12.8 Å². The second-order valence-electron chi connectivity index (χ2n) is 3.25. The maximum Gasteiger partial charge on any atom is 0.345 e. The van der Waals surface area contributed by atoms with Gasteiger partial charge in [-0.3, -0.25) is 14.6 Å². The molecule has 0 amide bonds. The molecule has 5 nitrogen and oxygen atoms in total. The van der Waals surface area contributed by atoms with Crippen LogP contribution in [-0.4, -0.2) is 22.4 Å². The zero-order valence-corrected chi connectivity index (χ0v) is 9.08. The Labute approximate surface area is 88.0 Å². The van der Waals surface area contributed by atoms with Gasteiger partial charge in [-0.15, -0.1) is 0 Å². The van der Waals surface area contributed by atoms with Crippen molar-refractivity contribution in [1.29, 1.82) is 0 Å².